The van der Waals surface area contributed by atoms with E-state index in [-0.39, 0.29) is 5.41 Å². The molecule has 0 amide bonds. The van der Waals surface area contributed by atoms with Gasteiger partial charge in [-0.25, -0.2) is 0 Å². The van der Waals surface area contributed by atoms with Gasteiger partial charge in [0.25, 0.3) is 0 Å². The summed E-state index contributed by atoms with van der Waals surface area (Å²) in [6, 6.07) is 4.68. The lowest BCUT2D eigenvalue weighted by Gasteiger charge is -2.28. The van der Waals surface area contributed by atoms with Crippen LogP contribution in [0.15, 0.2) is 12.1 Å². The minimum Gasteiger partial charge on any atom is -0.357 e. The molecule has 1 aliphatic heterocycles. The summed E-state index contributed by atoms with van der Waals surface area (Å²) in [5.74, 6) is 1.88. The standard InChI is InChI=1S/C17H28N6/c1-6-22-11-7-8-13(22)12-21(5)15-10-9-14-18-19-16(17(2,3)4)23(14)20-15/h9-10,13H,6-8,11-12H2,1-5H3. The Bertz CT molecular complexity index is 671. The van der Waals surface area contributed by atoms with Gasteiger partial charge in [0.05, 0.1) is 0 Å². The highest BCUT2D eigenvalue weighted by atomic mass is 15.4. The molecular weight excluding hydrogens is 288 g/mol. The van der Waals surface area contributed by atoms with Crippen LogP contribution in [0.2, 0.25) is 0 Å². The Morgan fingerprint density at radius 3 is 2.74 bits per heavy atom. The number of hydrogen-bond donors (Lipinski definition) is 0. The molecule has 0 bridgehead atoms. The Balaban J connectivity index is 1.84. The van der Waals surface area contributed by atoms with Gasteiger partial charge in [0.15, 0.2) is 11.5 Å². The zero-order chi connectivity index (χ0) is 16.6. The first-order valence-electron chi connectivity index (χ1n) is 8.58. The normalized spacial score (nSPS) is 19.6. The van der Waals surface area contributed by atoms with E-state index in [2.05, 4.69) is 54.7 Å². The Kier molecular flexibility index (Phi) is 4.27. The van der Waals surface area contributed by atoms with Crippen molar-refractivity contribution in [1.82, 2.24) is 24.7 Å². The van der Waals surface area contributed by atoms with Gasteiger partial charge >= 0.3 is 0 Å². The molecule has 2 aromatic rings. The fraction of sp³-hybridized carbons (Fsp3) is 0.706. The molecule has 6 heteroatoms. The van der Waals surface area contributed by atoms with Gasteiger partial charge in [-0.15, -0.1) is 15.3 Å². The highest BCUT2D eigenvalue weighted by molar-refractivity contribution is 5.45. The number of nitrogens with zero attached hydrogens (tertiary/aromatic N) is 6. The summed E-state index contributed by atoms with van der Waals surface area (Å²) in [6.45, 7) is 12.0. The molecule has 0 saturated carbocycles. The van der Waals surface area contributed by atoms with E-state index in [1.54, 1.807) is 0 Å². The highest BCUT2D eigenvalue weighted by Crippen LogP contribution is 2.22. The molecule has 3 heterocycles. The molecule has 6 nitrogen and oxygen atoms in total. The fourth-order valence-corrected chi connectivity index (χ4v) is 3.38. The van der Waals surface area contributed by atoms with Crippen LogP contribution < -0.4 is 4.90 Å². The summed E-state index contributed by atoms with van der Waals surface area (Å²) in [5, 5.41) is 13.4. The number of rotatable bonds is 4. The third kappa shape index (κ3) is 3.17. The minimum atomic E-state index is -0.0753. The number of hydrogen-bond acceptors (Lipinski definition) is 5. The summed E-state index contributed by atoms with van der Waals surface area (Å²) in [4.78, 5) is 4.82. The van der Waals surface area contributed by atoms with Crippen molar-refractivity contribution in [2.75, 3.05) is 31.6 Å². The van der Waals surface area contributed by atoms with Crippen LogP contribution in [0.25, 0.3) is 5.65 Å². The lowest BCUT2D eigenvalue weighted by molar-refractivity contribution is 0.270. The summed E-state index contributed by atoms with van der Waals surface area (Å²) < 4.78 is 1.89. The van der Waals surface area contributed by atoms with Gasteiger partial charge < -0.3 is 4.90 Å². The number of aromatic nitrogens is 4. The second-order valence-electron chi connectivity index (χ2n) is 7.54. The van der Waals surface area contributed by atoms with Crippen molar-refractivity contribution in [2.45, 2.75) is 52.0 Å². The smallest absolute Gasteiger partial charge is 0.178 e. The largest absolute Gasteiger partial charge is 0.357 e. The van der Waals surface area contributed by atoms with Crippen LogP contribution in [0.4, 0.5) is 5.82 Å². The van der Waals surface area contributed by atoms with E-state index >= 15 is 0 Å². The number of likely N-dealkylation sites (tertiary alicyclic amines) is 1. The van der Waals surface area contributed by atoms with Crippen LogP contribution in [-0.2, 0) is 5.41 Å². The predicted molar refractivity (Wildman–Crippen MR) is 93.0 cm³/mol. The summed E-state index contributed by atoms with van der Waals surface area (Å²) in [7, 11) is 2.13. The molecule has 126 valence electrons. The van der Waals surface area contributed by atoms with E-state index in [1.165, 1.54) is 19.4 Å². The zero-order valence-corrected chi connectivity index (χ0v) is 15.0. The lowest BCUT2D eigenvalue weighted by atomic mass is 9.96. The predicted octanol–water partition coefficient (Wildman–Crippen LogP) is 2.34. The zero-order valence-electron chi connectivity index (χ0n) is 15.0. The van der Waals surface area contributed by atoms with Crippen molar-refractivity contribution in [3.8, 4) is 0 Å². The maximum atomic E-state index is 4.79. The first-order valence-corrected chi connectivity index (χ1v) is 8.58. The molecule has 1 atom stereocenters. The number of anilines is 1. The molecule has 0 N–H and O–H groups in total. The van der Waals surface area contributed by atoms with Gasteiger partial charge in [-0.2, -0.15) is 4.52 Å². The van der Waals surface area contributed by atoms with E-state index < -0.39 is 0 Å². The van der Waals surface area contributed by atoms with E-state index in [0.29, 0.717) is 6.04 Å². The van der Waals surface area contributed by atoms with Crippen molar-refractivity contribution in [3.05, 3.63) is 18.0 Å². The van der Waals surface area contributed by atoms with E-state index in [0.717, 1.165) is 30.4 Å². The van der Waals surface area contributed by atoms with Crippen molar-refractivity contribution in [2.24, 2.45) is 0 Å². The van der Waals surface area contributed by atoms with Crippen LogP contribution in [0, 0.1) is 0 Å². The molecule has 0 radical (unpaired) electrons. The van der Waals surface area contributed by atoms with Crippen LogP contribution >= 0.6 is 0 Å². The average Bonchev–Trinajstić information content (AvgIpc) is 3.11. The van der Waals surface area contributed by atoms with Gasteiger partial charge in [0.1, 0.15) is 5.82 Å². The molecule has 3 rings (SSSR count). The third-order valence-electron chi connectivity index (χ3n) is 4.70. The van der Waals surface area contributed by atoms with E-state index in [1.807, 2.05) is 16.6 Å². The molecule has 1 unspecified atom stereocenters. The topological polar surface area (TPSA) is 49.6 Å². The van der Waals surface area contributed by atoms with Gasteiger partial charge in [-0.1, -0.05) is 27.7 Å². The maximum absolute atomic E-state index is 4.79. The van der Waals surface area contributed by atoms with Gasteiger partial charge in [-0.3, -0.25) is 4.90 Å². The molecular formula is C17H28N6. The molecule has 2 aromatic heterocycles. The summed E-state index contributed by atoms with van der Waals surface area (Å²) in [5.41, 5.74) is 0.733. The SMILES string of the molecule is CCN1CCCC1CN(C)c1ccc2nnc(C(C)(C)C)n2n1. The van der Waals surface area contributed by atoms with Crippen LogP contribution in [0.5, 0.6) is 0 Å². The van der Waals surface area contributed by atoms with Crippen molar-refractivity contribution >= 4 is 11.5 Å². The number of fused-ring (bicyclic) bond motifs is 1. The average molecular weight is 316 g/mol. The molecule has 1 aliphatic rings. The van der Waals surface area contributed by atoms with Crippen LogP contribution in [0.3, 0.4) is 0 Å². The highest BCUT2D eigenvalue weighted by Gasteiger charge is 2.25. The molecule has 1 saturated heterocycles. The maximum Gasteiger partial charge on any atom is 0.178 e. The number of likely N-dealkylation sites (N-methyl/N-ethyl adjacent to an activating group) is 2. The lowest BCUT2D eigenvalue weighted by Crippen LogP contribution is -2.39. The third-order valence-corrected chi connectivity index (χ3v) is 4.70. The molecule has 1 fully saturated rings. The molecule has 0 aliphatic carbocycles. The molecule has 23 heavy (non-hydrogen) atoms. The van der Waals surface area contributed by atoms with E-state index in [9.17, 15) is 0 Å². The van der Waals surface area contributed by atoms with Crippen molar-refractivity contribution in [3.63, 3.8) is 0 Å². The Morgan fingerprint density at radius 2 is 2.04 bits per heavy atom. The minimum absolute atomic E-state index is 0.0753. The summed E-state index contributed by atoms with van der Waals surface area (Å²) in [6.07, 6.45) is 2.58. The van der Waals surface area contributed by atoms with Gasteiger partial charge in [-0.05, 0) is 38.1 Å². The Labute approximate surface area is 138 Å². The van der Waals surface area contributed by atoms with Gasteiger partial charge in [0, 0.05) is 25.0 Å². The molecule has 0 spiro atoms. The summed E-state index contributed by atoms with van der Waals surface area (Å²) >= 11 is 0. The second-order valence-corrected chi connectivity index (χ2v) is 7.54. The van der Waals surface area contributed by atoms with Crippen LogP contribution in [-0.4, -0.2) is 57.4 Å². The van der Waals surface area contributed by atoms with Crippen molar-refractivity contribution < 1.29 is 0 Å². The second kappa shape index (κ2) is 6.07. The van der Waals surface area contributed by atoms with Gasteiger partial charge in [0.2, 0.25) is 0 Å². The fourth-order valence-electron chi connectivity index (χ4n) is 3.38. The Morgan fingerprint density at radius 1 is 1.26 bits per heavy atom. The molecule has 0 aromatic carbocycles. The monoisotopic (exact) mass is 316 g/mol. The Hall–Kier alpha value is -1.69. The van der Waals surface area contributed by atoms with Crippen LogP contribution in [0.1, 0.15) is 46.4 Å². The van der Waals surface area contributed by atoms with E-state index in [4.69, 9.17) is 5.10 Å². The van der Waals surface area contributed by atoms with Crippen molar-refractivity contribution in [1.29, 1.82) is 0 Å². The first-order chi connectivity index (χ1) is 10.9. The first kappa shape index (κ1) is 16.2. The quantitative estimate of drug-likeness (QED) is 0.866.